The molecular formula is C15H16ClFN4O5. The van der Waals surface area contributed by atoms with Crippen molar-refractivity contribution >= 4 is 34.7 Å². The summed E-state index contributed by atoms with van der Waals surface area (Å²) < 4.78 is 32.7. The van der Waals surface area contributed by atoms with E-state index < -0.39 is 36.0 Å². The number of carbonyl (C=O) groups is 2. The molecule has 1 aliphatic rings. The molecule has 9 nitrogen and oxygen atoms in total. The van der Waals surface area contributed by atoms with Crippen molar-refractivity contribution in [2.45, 2.75) is 44.9 Å². The first-order valence-electron chi connectivity index (χ1n) is 7.69. The normalized spacial score (nSPS) is 28.3. The third kappa shape index (κ3) is 3.21. The standard InChI is InChI=1S/C15H16ClFN4O5/c1-7(22)24-4-9-11(25-8(2)23)15(3,17)14(26-9)21-6-20-10-12(16)18-5-19-13(10)21/h5-6,9,11,14H,4H2,1-3H3/t9-,11?,14-,15?/m1/s1. The maximum atomic E-state index is 15.6. The highest BCUT2D eigenvalue weighted by molar-refractivity contribution is 6.33. The molecule has 0 radical (unpaired) electrons. The number of alkyl halides is 1. The van der Waals surface area contributed by atoms with E-state index in [1.807, 2.05) is 0 Å². The fourth-order valence-electron chi connectivity index (χ4n) is 2.90. The van der Waals surface area contributed by atoms with Crippen molar-refractivity contribution in [1.29, 1.82) is 0 Å². The van der Waals surface area contributed by atoms with Gasteiger partial charge in [-0.15, -0.1) is 0 Å². The van der Waals surface area contributed by atoms with Gasteiger partial charge < -0.3 is 14.2 Å². The van der Waals surface area contributed by atoms with Gasteiger partial charge in [0.1, 0.15) is 24.6 Å². The molecule has 26 heavy (non-hydrogen) atoms. The first-order chi connectivity index (χ1) is 12.2. The molecule has 0 aliphatic carbocycles. The zero-order chi connectivity index (χ0) is 19.1. The number of esters is 2. The number of halogens is 2. The van der Waals surface area contributed by atoms with Gasteiger partial charge >= 0.3 is 11.9 Å². The molecule has 140 valence electrons. The van der Waals surface area contributed by atoms with Crippen LogP contribution in [0.25, 0.3) is 11.2 Å². The Morgan fingerprint density at radius 3 is 2.73 bits per heavy atom. The van der Waals surface area contributed by atoms with E-state index in [2.05, 4.69) is 15.0 Å². The molecule has 3 rings (SSSR count). The summed E-state index contributed by atoms with van der Waals surface area (Å²) in [7, 11) is 0. The second-order valence-corrected chi connectivity index (χ2v) is 6.36. The van der Waals surface area contributed by atoms with E-state index in [0.717, 1.165) is 6.92 Å². The minimum absolute atomic E-state index is 0.111. The van der Waals surface area contributed by atoms with Gasteiger partial charge in [0.25, 0.3) is 0 Å². The molecule has 0 saturated carbocycles. The number of rotatable bonds is 4. The molecule has 3 heterocycles. The Labute approximate surface area is 152 Å². The van der Waals surface area contributed by atoms with Crippen LogP contribution in [0.1, 0.15) is 27.0 Å². The van der Waals surface area contributed by atoms with Crippen molar-refractivity contribution in [3.8, 4) is 0 Å². The fourth-order valence-corrected chi connectivity index (χ4v) is 3.08. The summed E-state index contributed by atoms with van der Waals surface area (Å²) >= 11 is 5.97. The second-order valence-electron chi connectivity index (χ2n) is 6.00. The summed E-state index contributed by atoms with van der Waals surface area (Å²) in [5, 5.41) is 0.111. The van der Waals surface area contributed by atoms with Gasteiger partial charge in [0, 0.05) is 13.8 Å². The fraction of sp³-hybridized carbons (Fsp3) is 0.533. The first-order valence-corrected chi connectivity index (χ1v) is 8.07. The maximum absolute atomic E-state index is 15.6. The molecule has 0 spiro atoms. The van der Waals surface area contributed by atoms with E-state index in [1.54, 1.807) is 0 Å². The van der Waals surface area contributed by atoms with Crippen LogP contribution in [0, 0.1) is 0 Å². The molecule has 2 unspecified atom stereocenters. The van der Waals surface area contributed by atoms with Gasteiger partial charge in [0.15, 0.2) is 28.8 Å². The summed E-state index contributed by atoms with van der Waals surface area (Å²) in [5.41, 5.74) is -1.61. The second kappa shape index (κ2) is 6.76. The minimum Gasteiger partial charge on any atom is -0.463 e. The third-order valence-electron chi connectivity index (χ3n) is 3.99. The lowest BCUT2D eigenvalue weighted by atomic mass is 9.98. The SMILES string of the molecule is CC(=O)OC[C@H]1O[C@@H](n2cnc3c(Cl)ncnc32)C(C)(F)C1OC(C)=O. The van der Waals surface area contributed by atoms with Gasteiger partial charge in [-0.2, -0.15) is 0 Å². The zero-order valence-corrected chi connectivity index (χ0v) is 14.9. The number of fused-ring (bicyclic) bond motifs is 1. The highest BCUT2D eigenvalue weighted by atomic mass is 35.5. The Balaban J connectivity index is 1.99. The van der Waals surface area contributed by atoms with E-state index in [0.29, 0.717) is 0 Å². The van der Waals surface area contributed by atoms with E-state index in [1.165, 1.54) is 31.1 Å². The van der Waals surface area contributed by atoms with Crippen LogP contribution in [-0.4, -0.2) is 55.9 Å². The van der Waals surface area contributed by atoms with Crippen LogP contribution in [0.4, 0.5) is 4.39 Å². The van der Waals surface area contributed by atoms with Crippen LogP contribution < -0.4 is 0 Å². The zero-order valence-electron chi connectivity index (χ0n) is 14.2. The van der Waals surface area contributed by atoms with Gasteiger partial charge in [-0.3, -0.25) is 14.2 Å². The molecule has 1 saturated heterocycles. The molecule has 11 heteroatoms. The molecule has 0 amide bonds. The highest BCUT2D eigenvalue weighted by Gasteiger charge is 2.58. The molecule has 0 bridgehead atoms. The molecule has 1 fully saturated rings. The Morgan fingerprint density at radius 1 is 1.35 bits per heavy atom. The van der Waals surface area contributed by atoms with Crippen molar-refractivity contribution in [2.75, 3.05) is 6.61 Å². The summed E-state index contributed by atoms with van der Waals surface area (Å²) in [6.07, 6.45) is -1.000. The van der Waals surface area contributed by atoms with Crippen LogP contribution in [0.2, 0.25) is 5.15 Å². The number of aromatic nitrogens is 4. The van der Waals surface area contributed by atoms with Crippen molar-refractivity contribution in [1.82, 2.24) is 19.5 Å². The summed E-state index contributed by atoms with van der Waals surface area (Å²) in [5.74, 6) is -1.25. The molecule has 2 aromatic rings. The predicted molar refractivity (Wildman–Crippen MR) is 85.9 cm³/mol. The lowest BCUT2D eigenvalue weighted by Crippen LogP contribution is -2.44. The lowest BCUT2D eigenvalue weighted by molar-refractivity contribution is -0.158. The van der Waals surface area contributed by atoms with E-state index >= 15 is 4.39 Å². The summed E-state index contributed by atoms with van der Waals surface area (Å²) in [6.45, 7) is 3.33. The number of carbonyl (C=O) groups excluding carboxylic acids is 2. The highest BCUT2D eigenvalue weighted by Crippen LogP contribution is 2.44. The number of hydrogen-bond acceptors (Lipinski definition) is 8. The Bertz CT molecular complexity index is 858. The van der Waals surface area contributed by atoms with Gasteiger partial charge in [-0.05, 0) is 6.92 Å². The topological polar surface area (TPSA) is 105 Å². The molecule has 1 aliphatic heterocycles. The van der Waals surface area contributed by atoms with E-state index in [9.17, 15) is 9.59 Å². The average molecular weight is 387 g/mol. The molecule has 2 aromatic heterocycles. The van der Waals surface area contributed by atoms with E-state index in [-0.39, 0.29) is 22.9 Å². The maximum Gasteiger partial charge on any atom is 0.303 e. The van der Waals surface area contributed by atoms with Crippen molar-refractivity contribution in [3.05, 3.63) is 17.8 Å². The van der Waals surface area contributed by atoms with Crippen molar-refractivity contribution < 1.29 is 28.2 Å². The smallest absolute Gasteiger partial charge is 0.303 e. The van der Waals surface area contributed by atoms with Crippen LogP contribution in [0.15, 0.2) is 12.7 Å². The van der Waals surface area contributed by atoms with Crippen molar-refractivity contribution in [3.63, 3.8) is 0 Å². The predicted octanol–water partition coefficient (Wildman–Crippen LogP) is 1.60. The van der Waals surface area contributed by atoms with Crippen LogP contribution in [-0.2, 0) is 23.8 Å². The molecule has 0 aromatic carbocycles. The number of imidazole rings is 1. The quantitative estimate of drug-likeness (QED) is 0.576. The third-order valence-corrected chi connectivity index (χ3v) is 4.27. The molecular weight excluding hydrogens is 371 g/mol. The van der Waals surface area contributed by atoms with Gasteiger partial charge in [-0.25, -0.2) is 19.3 Å². The largest absolute Gasteiger partial charge is 0.463 e. The monoisotopic (exact) mass is 386 g/mol. The van der Waals surface area contributed by atoms with Gasteiger partial charge in [-0.1, -0.05) is 11.6 Å². The summed E-state index contributed by atoms with van der Waals surface area (Å²) in [6, 6.07) is 0. The van der Waals surface area contributed by atoms with E-state index in [4.69, 9.17) is 25.8 Å². The van der Waals surface area contributed by atoms with Gasteiger partial charge in [0.05, 0.1) is 6.33 Å². The number of nitrogens with zero attached hydrogens (tertiary/aromatic N) is 4. The minimum atomic E-state index is -2.15. The van der Waals surface area contributed by atoms with Gasteiger partial charge in [0.2, 0.25) is 0 Å². The first kappa shape index (κ1) is 18.5. The molecule has 4 atom stereocenters. The van der Waals surface area contributed by atoms with Crippen LogP contribution in [0.3, 0.4) is 0 Å². The number of ether oxygens (including phenoxy) is 3. The van der Waals surface area contributed by atoms with Crippen LogP contribution >= 0.6 is 11.6 Å². The molecule has 0 N–H and O–H groups in total. The van der Waals surface area contributed by atoms with Crippen molar-refractivity contribution in [2.24, 2.45) is 0 Å². The average Bonchev–Trinajstić information content (AvgIpc) is 3.06. The Morgan fingerprint density at radius 2 is 2.08 bits per heavy atom. The summed E-state index contributed by atoms with van der Waals surface area (Å²) in [4.78, 5) is 34.5. The Hall–Kier alpha value is -2.33. The van der Waals surface area contributed by atoms with Crippen LogP contribution in [0.5, 0.6) is 0 Å². The Kier molecular flexibility index (Phi) is 4.80. The lowest BCUT2D eigenvalue weighted by Gasteiger charge is -2.27. The number of hydrogen-bond donors (Lipinski definition) is 0.